The van der Waals surface area contributed by atoms with E-state index in [0.29, 0.717) is 0 Å². The molecular weight excluding hydrogens is 397 g/mol. The van der Waals surface area contributed by atoms with E-state index in [1.54, 1.807) is 0 Å². The second kappa shape index (κ2) is 9.72. The molecule has 1 fully saturated rings. The van der Waals surface area contributed by atoms with E-state index in [4.69, 9.17) is 9.47 Å². The summed E-state index contributed by atoms with van der Waals surface area (Å²) in [5, 5.41) is 16.5. The number of anilines is 1. The molecule has 1 heterocycles. The number of nitro groups is 1. The van der Waals surface area contributed by atoms with Crippen molar-refractivity contribution in [3.63, 3.8) is 0 Å². The van der Waals surface area contributed by atoms with Crippen LogP contribution >= 0.6 is 0 Å². The minimum atomic E-state index is -4.25. The molecule has 0 saturated heterocycles. The van der Waals surface area contributed by atoms with Gasteiger partial charge < -0.3 is 20.1 Å². The van der Waals surface area contributed by atoms with E-state index in [9.17, 15) is 28.1 Å². The number of carbonyl (C=O) groups is 1. The number of alkyl halides is 3. The summed E-state index contributed by atoms with van der Waals surface area (Å²) in [6.07, 6.45) is -4.07. The van der Waals surface area contributed by atoms with Gasteiger partial charge in [-0.05, 0) is 25.7 Å². The Morgan fingerprint density at radius 1 is 1.31 bits per heavy atom. The van der Waals surface area contributed by atoms with Gasteiger partial charge in [0.1, 0.15) is 12.2 Å². The molecule has 2 N–H and O–H groups in total. The van der Waals surface area contributed by atoms with Crippen LogP contribution in [0.1, 0.15) is 36.0 Å². The van der Waals surface area contributed by atoms with Gasteiger partial charge in [0.15, 0.2) is 0 Å². The van der Waals surface area contributed by atoms with E-state index >= 15 is 0 Å². The van der Waals surface area contributed by atoms with Crippen LogP contribution in [0.15, 0.2) is 6.07 Å². The predicted molar refractivity (Wildman–Crippen MR) is 97.1 cm³/mol. The molecule has 1 aliphatic rings. The van der Waals surface area contributed by atoms with Crippen molar-refractivity contribution in [2.75, 3.05) is 32.7 Å². The Morgan fingerprint density at radius 2 is 1.97 bits per heavy atom. The lowest BCUT2D eigenvalue weighted by atomic mass is 9.85. The van der Waals surface area contributed by atoms with Crippen molar-refractivity contribution in [2.24, 2.45) is 5.92 Å². The Morgan fingerprint density at radius 3 is 2.48 bits per heavy atom. The molecule has 9 nitrogen and oxygen atoms in total. The Kier molecular flexibility index (Phi) is 7.59. The first-order valence-corrected chi connectivity index (χ1v) is 9.03. The first kappa shape index (κ1) is 22.7. The largest absolute Gasteiger partial charge is 0.475 e. The summed E-state index contributed by atoms with van der Waals surface area (Å²) in [5.74, 6) is -2.27. The fourth-order valence-electron chi connectivity index (χ4n) is 3.13. The van der Waals surface area contributed by atoms with Crippen LogP contribution in [0.25, 0.3) is 0 Å². The number of amides is 1. The minimum absolute atomic E-state index is 0.0570. The highest BCUT2D eigenvalue weighted by Gasteiger charge is 2.41. The third kappa shape index (κ3) is 5.92. The molecule has 0 spiro atoms. The number of nitrogens with one attached hydrogen (secondary N) is 2. The van der Waals surface area contributed by atoms with Gasteiger partial charge in [0, 0.05) is 26.3 Å². The zero-order valence-corrected chi connectivity index (χ0v) is 16.0. The van der Waals surface area contributed by atoms with Crippen molar-refractivity contribution in [2.45, 2.75) is 37.9 Å². The van der Waals surface area contributed by atoms with Gasteiger partial charge in [0.2, 0.25) is 11.7 Å². The molecule has 162 valence electrons. The highest BCUT2D eigenvalue weighted by molar-refractivity contribution is 5.97. The number of nitrogens with zero attached hydrogens (tertiary/aromatic N) is 2. The summed E-state index contributed by atoms with van der Waals surface area (Å²) in [7, 11) is 2.89. The molecule has 12 heteroatoms. The molecule has 0 radical (unpaired) electrons. The summed E-state index contributed by atoms with van der Waals surface area (Å²) in [6, 6.07) is 0.577. The first-order valence-electron chi connectivity index (χ1n) is 9.03. The third-order valence-corrected chi connectivity index (χ3v) is 4.70. The average Bonchev–Trinajstić information content (AvgIpc) is 2.67. The highest BCUT2D eigenvalue weighted by atomic mass is 19.4. The van der Waals surface area contributed by atoms with Crippen molar-refractivity contribution in [3.05, 3.63) is 21.7 Å². The third-order valence-electron chi connectivity index (χ3n) is 4.70. The standard InChI is InChI=1S/C17H23F3N4O5/c1-21-14-13(24(26)27)9-12(16(23-14)29-8-7-28-2)15(25)22-11-5-3-10(4-6-11)17(18,19)20/h9-11H,3-8H2,1-2H3,(H,21,23)(H,22,25)/t10-,11-. The number of aromatic nitrogens is 1. The monoisotopic (exact) mass is 420 g/mol. The number of pyridine rings is 1. The molecule has 1 aliphatic carbocycles. The second-order valence-corrected chi connectivity index (χ2v) is 6.62. The van der Waals surface area contributed by atoms with Crippen LogP contribution in [0, 0.1) is 16.0 Å². The topological polar surface area (TPSA) is 116 Å². The van der Waals surface area contributed by atoms with Crippen molar-refractivity contribution in [1.82, 2.24) is 10.3 Å². The van der Waals surface area contributed by atoms with Gasteiger partial charge in [0.25, 0.3) is 5.91 Å². The SMILES string of the molecule is CNc1nc(OCCOC)c(C(=O)N[C@H]2CC[C@H](C(F)(F)F)CC2)cc1[N+](=O)[O-]. The molecule has 1 aromatic rings. The van der Waals surface area contributed by atoms with E-state index in [1.807, 2.05) is 0 Å². The van der Waals surface area contributed by atoms with Gasteiger partial charge in [-0.3, -0.25) is 14.9 Å². The summed E-state index contributed by atoms with van der Waals surface area (Å²) < 4.78 is 48.7. The van der Waals surface area contributed by atoms with Crippen molar-refractivity contribution >= 4 is 17.4 Å². The van der Waals surface area contributed by atoms with E-state index in [-0.39, 0.29) is 56.2 Å². The van der Waals surface area contributed by atoms with Gasteiger partial charge in [-0.1, -0.05) is 0 Å². The Bertz CT molecular complexity index is 737. The summed E-state index contributed by atoms with van der Waals surface area (Å²) in [5.41, 5.74) is -0.581. The zero-order valence-electron chi connectivity index (χ0n) is 16.0. The van der Waals surface area contributed by atoms with Crippen LogP contribution in [0.4, 0.5) is 24.7 Å². The molecule has 0 aromatic carbocycles. The maximum absolute atomic E-state index is 12.8. The Hall–Kier alpha value is -2.63. The Labute approximate surface area is 165 Å². The van der Waals surface area contributed by atoms with Crippen LogP contribution in [0.5, 0.6) is 5.88 Å². The van der Waals surface area contributed by atoms with Crippen LogP contribution in [-0.2, 0) is 4.74 Å². The number of methoxy groups -OCH3 is 1. The van der Waals surface area contributed by atoms with Crippen molar-refractivity contribution < 1.29 is 32.4 Å². The number of halogens is 3. The minimum Gasteiger partial charge on any atom is -0.475 e. The molecule has 0 atom stereocenters. The number of ether oxygens (including phenoxy) is 2. The molecule has 1 saturated carbocycles. The summed E-state index contributed by atoms with van der Waals surface area (Å²) in [4.78, 5) is 27.3. The first-order chi connectivity index (χ1) is 13.7. The maximum atomic E-state index is 12.8. The lowest BCUT2D eigenvalue weighted by molar-refractivity contribution is -0.384. The van der Waals surface area contributed by atoms with Crippen LogP contribution in [-0.4, -0.2) is 55.4 Å². The maximum Gasteiger partial charge on any atom is 0.391 e. The van der Waals surface area contributed by atoms with Gasteiger partial charge in [-0.2, -0.15) is 18.2 Å². The lowest BCUT2D eigenvalue weighted by Gasteiger charge is -2.30. The Balaban J connectivity index is 2.18. The zero-order chi connectivity index (χ0) is 21.6. The van der Waals surface area contributed by atoms with E-state index in [0.717, 1.165) is 6.07 Å². The molecule has 0 bridgehead atoms. The van der Waals surface area contributed by atoms with Gasteiger partial charge in [-0.25, -0.2) is 0 Å². The molecular formula is C17H23F3N4O5. The fraction of sp³-hybridized carbons (Fsp3) is 0.647. The van der Waals surface area contributed by atoms with Gasteiger partial charge in [0.05, 0.1) is 17.4 Å². The van der Waals surface area contributed by atoms with Crippen LogP contribution < -0.4 is 15.4 Å². The molecule has 1 amide bonds. The van der Waals surface area contributed by atoms with Crippen molar-refractivity contribution in [3.8, 4) is 5.88 Å². The molecule has 1 aromatic heterocycles. The highest BCUT2D eigenvalue weighted by Crippen LogP contribution is 2.37. The van der Waals surface area contributed by atoms with Gasteiger partial charge >= 0.3 is 11.9 Å². The molecule has 0 aliphatic heterocycles. The van der Waals surface area contributed by atoms with E-state index in [1.165, 1.54) is 14.2 Å². The quantitative estimate of drug-likeness (QED) is 0.377. The molecule has 0 unspecified atom stereocenters. The van der Waals surface area contributed by atoms with Crippen LogP contribution in [0.2, 0.25) is 0 Å². The number of carbonyl (C=O) groups excluding carboxylic acids is 1. The normalized spacial score (nSPS) is 19.5. The number of rotatable bonds is 8. The predicted octanol–water partition coefficient (Wildman–Crippen LogP) is 2.91. The van der Waals surface area contributed by atoms with Crippen LogP contribution in [0.3, 0.4) is 0 Å². The number of hydrogen-bond donors (Lipinski definition) is 2. The average molecular weight is 420 g/mol. The smallest absolute Gasteiger partial charge is 0.391 e. The lowest BCUT2D eigenvalue weighted by Crippen LogP contribution is -2.40. The second-order valence-electron chi connectivity index (χ2n) is 6.62. The molecule has 29 heavy (non-hydrogen) atoms. The van der Waals surface area contributed by atoms with E-state index < -0.39 is 34.7 Å². The summed E-state index contributed by atoms with van der Waals surface area (Å²) >= 11 is 0. The van der Waals surface area contributed by atoms with Gasteiger partial charge in [-0.15, -0.1) is 0 Å². The molecule has 2 rings (SSSR count). The summed E-state index contributed by atoms with van der Waals surface area (Å²) in [6.45, 7) is 0.261. The number of hydrogen-bond acceptors (Lipinski definition) is 7. The van der Waals surface area contributed by atoms with Crippen molar-refractivity contribution in [1.29, 1.82) is 0 Å². The van der Waals surface area contributed by atoms with E-state index in [2.05, 4.69) is 15.6 Å². The fourth-order valence-corrected chi connectivity index (χ4v) is 3.13.